The third-order valence-electron chi connectivity index (χ3n) is 3.92. The Labute approximate surface area is 135 Å². The van der Waals surface area contributed by atoms with Crippen LogP contribution < -0.4 is 5.32 Å². The van der Waals surface area contributed by atoms with Crippen LogP contribution in [0.4, 0.5) is 10.6 Å². The van der Waals surface area contributed by atoms with E-state index in [1.807, 2.05) is 0 Å². The summed E-state index contributed by atoms with van der Waals surface area (Å²) >= 11 is 0. The van der Waals surface area contributed by atoms with Gasteiger partial charge in [0.1, 0.15) is 6.10 Å². The number of hydrogen-bond acceptors (Lipinski definition) is 4. The number of amides is 2. The molecule has 1 N–H and O–H groups in total. The molecule has 23 heavy (non-hydrogen) atoms. The topological polar surface area (TPSA) is 67.4 Å². The second-order valence-corrected chi connectivity index (χ2v) is 5.44. The number of aryl methyl sites for hydroxylation is 1. The van der Waals surface area contributed by atoms with Crippen LogP contribution in [0.5, 0.6) is 0 Å². The van der Waals surface area contributed by atoms with Crippen molar-refractivity contribution in [3.8, 4) is 0 Å². The zero-order chi connectivity index (χ0) is 16.1. The first kappa shape index (κ1) is 15.4. The summed E-state index contributed by atoms with van der Waals surface area (Å²) in [5, 5.41) is 10.4. The van der Waals surface area contributed by atoms with Crippen molar-refractivity contribution in [1.82, 2.24) is 15.1 Å². The van der Waals surface area contributed by atoms with Crippen molar-refractivity contribution in [2.45, 2.75) is 19.4 Å². The summed E-state index contributed by atoms with van der Waals surface area (Å²) in [4.78, 5) is 14.1. The predicted molar refractivity (Wildman–Crippen MR) is 87.1 cm³/mol. The SMILES string of the molecule is CCc1ccc([C@H]2CN(C(=O)Nc3cccnn3)CCO2)cc1. The molecule has 0 bridgehead atoms. The van der Waals surface area contributed by atoms with Crippen LogP contribution >= 0.6 is 0 Å². The van der Waals surface area contributed by atoms with Crippen molar-refractivity contribution < 1.29 is 9.53 Å². The molecule has 1 saturated heterocycles. The van der Waals surface area contributed by atoms with E-state index in [4.69, 9.17) is 4.74 Å². The minimum atomic E-state index is -0.177. The molecule has 6 heteroatoms. The largest absolute Gasteiger partial charge is 0.370 e. The summed E-state index contributed by atoms with van der Waals surface area (Å²) in [6.07, 6.45) is 2.49. The average molecular weight is 312 g/mol. The molecule has 1 aliphatic heterocycles. The van der Waals surface area contributed by atoms with Crippen LogP contribution in [-0.2, 0) is 11.2 Å². The fourth-order valence-electron chi connectivity index (χ4n) is 2.56. The molecule has 1 aliphatic rings. The predicted octanol–water partition coefficient (Wildman–Crippen LogP) is 2.64. The van der Waals surface area contributed by atoms with Gasteiger partial charge in [0.05, 0.1) is 13.2 Å². The van der Waals surface area contributed by atoms with Crippen LogP contribution in [0.1, 0.15) is 24.2 Å². The van der Waals surface area contributed by atoms with E-state index in [-0.39, 0.29) is 12.1 Å². The fraction of sp³-hybridized carbons (Fsp3) is 0.353. The number of urea groups is 1. The molecular formula is C17H20N4O2. The molecule has 6 nitrogen and oxygen atoms in total. The van der Waals surface area contributed by atoms with Crippen LogP contribution in [0.3, 0.4) is 0 Å². The van der Waals surface area contributed by atoms with Crippen molar-refractivity contribution in [1.29, 1.82) is 0 Å². The standard InChI is InChI=1S/C17H20N4O2/c1-2-13-5-7-14(8-6-13)15-12-21(10-11-23-15)17(22)19-16-4-3-9-18-20-16/h3-9,15H,2,10-12H2,1H3,(H,19,20,22)/t15-/m1/s1. The molecule has 0 radical (unpaired) electrons. The van der Waals surface area contributed by atoms with Crippen molar-refractivity contribution in [3.63, 3.8) is 0 Å². The van der Waals surface area contributed by atoms with Crippen LogP contribution in [0.15, 0.2) is 42.6 Å². The normalized spacial score (nSPS) is 17.8. The average Bonchev–Trinajstić information content (AvgIpc) is 2.63. The van der Waals surface area contributed by atoms with Crippen LogP contribution in [-0.4, -0.2) is 40.8 Å². The Morgan fingerprint density at radius 3 is 2.87 bits per heavy atom. The van der Waals surface area contributed by atoms with E-state index < -0.39 is 0 Å². The molecule has 3 rings (SSSR count). The van der Waals surface area contributed by atoms with E-state index in [0.717, 1.165) is 12.0 Å². The highest BCUT2D eigenvalue weighted by molar-refractivity contribution is 5.88. The molecule has 0 spiro atoms. The molecule has 120 valence electrons. The molecule has 0 aliphatic carbocycles. The van der Waals surface area contributed by atoms with Gasteiger partial charge >= 0.3 is 6.03 Å². The highest BCUT2D eigenvalue weighted by Crippen LogP contribution is 2.23. The third-order valence-corrected chi connectivity index (χ3v) is 3.92. The molecule has 1 aromatic heterocycles. The maximum absolute atomic E-state index is 12.3. The molecule has 0 unspecified atom stereocenters. The third kappa shape index (κ3) is 3.84. The molecular weight excluding hydrogens is 292 g/mol. The monoisotopic (exact) mass is 312 g/mol. The Morgan fingerprint density at radius 2 is 2.17 bits per heavy atom. The summed E-state index contributed by atoms with van der Waals surface area (Å²) in [5.74, 6) is 0.452. The van der Waals surface area contributed by atoms with E-state index >= 15 is 0 Å². The maximum atomic E-state index is 12.3. The lowest BCUT2D eigenvalue weighted by Crippen LogP contribution is -2.44. The summed E-state index contributed by atoms with van der Waals surface area (Å²) in [5.41, 5.74) is 2.39. The van der Waals surface area contributed by atoms with Crippen LogP contribution in [0.25, 0.3) is 0 Å². The van der Waals surface area contributed by atoms with E-state index in [2.05, 4.69) is 46.7 Å². The zero-order valence-corrected chi connectivity index (χ0v) is 13.1. The molecule has 1 fully saturated rings. The van der Waals surface area contributed by atoms with E-state index in [1.54, 1.807) is 23.2 Å². The molecule has 0 saturated carbocycles. The van der Waals surface area contributed by atoms with Gasteiger partial charge in [-0.1, -0.05) is 31.2 Å². The highest BCUT2D eigenvalue weighted by atomic mass is 16.5. The van der Waals surface area contributed by atoms with Crippen LogP contribution in [0.2, 0.25) is 0 Å². The second kappa shape index (κ2) is 7.19. The molecule has 2 aromatic rings. The highest BCUT2D eigenvalue weighted by Gasteiger charge is 2.25. The molecule has 1 aromatic carbocycles. The number of hydrogen-bond donors (Lipinski definition) is 1. The number of anilines is 1. The van der Waals surface area contributed by atoms with E-state index in [1.165, 1.54) is 5.56 Å². The lowest BCUT2D eigenvalue weighted by atomic mass is 10.0. The first-order chi connectivity index (χ1) is 11.3. The molecule has 1 atom stereocenters. The smallest absolute Gasteiger partial charge is 0.323 e. The maximum Gasteiger partial charge on any atom is 0.323 e. The molecule has 2 amide bonds. The Kier molecular flexibility index (Phi) is 4.83. The Balaban J connectivity index is 1.64. The van der Waals surface area contributed by atoms with Gasteiger partial charge in [0.25, 0.3) is 0 Å². The Morgan fingerprint density at radius 1 is 1.35 bits per heavy atom. The van der Waals surface area contributed by atoms with Gasteiger partial charge in [0.2, 0.25) is 0 Å². The zero-order valence-electron chi connectivity index (χ0n) is 13.1. The summed E-state index contributed by atoms with van der Waals surface area (Å²) < 4.78 is 5.82. The van der Waals surface area contributed by atoms with Crippen molar-refractivity contribution in [2.75, 3.05) is 25.0 Å². The minimum absolute atomic E-state index is 0.0951. The van der Waals surface area contributed by atoms with Crippen molar-refractivity contribution >= 4 is 11.8 Å². The number of carbonyl (C=O) groups excluding carboxylic acids is 1. The molecule has 2 heterocycles. The van der Waals surface area contributed by atoms with Gasteiger partial charge in [-0.3, -0.25) is 5.32 Å². The number of nitrogens with zero attached hydrogens (tertiary/aromatic N) is 3. The lowest BCUT2D eigenvalue weighted by Gasteiger charge is -2.33. The number of benzene rings is 1. The number of nitrogens with one attached hydrogen (secondary N) is 1. The van der Waals surface area contributed by atoms with Gasteiger partial charge in [-0.25, -0.2) is 4.79 Å². The summed E-state index contributed by atoms with van der Waals surface area (Å²) in [6.45, 7) is 3.74. The van der Waals surface area contributed by atoms with Crippen molar-refractivity contribution in [2.24, 2.45) is 0 Å². The fourth-order valence-corrected chi connectivity index (χ4v) is 2.56. The summed E-state index contributed by atoms with van der Waals surface area (Å²) in [7, 11) is 0. The Hall–Kier alpha value is -2.47. The van der Waals surface area contributed by atoms with Gasteiger partial charge in [0, 0.05) is 12.7 Å². The first-order valence-corrected chi connectivity index (χ1v) is 7.80. The minimum Gasteiger partial charge on any atom is -0.370 e. The number of aromatic nitrogens is 2. The van der Waals surface area contributed by atoms with Gasteiger partial charge in [-0.15, -0.1) is 5.10 Å². The summed E-state index contributed by atoms with van der Waals surface area (Å²) in [6, 6.07) is 11.6. The second-order valence-electron chi connectivity index (χ2n) is 5.44. The number of rotatable bonds is 3. The van der Waals surface area contributed by atoms with E-state index in [9.17, 15) is 4.79 Å². The van der Waals surface area contributed by atoms with Gasteiger partial charge in [-0.05, 0) is 29.7 Å². The van der Waals surface area contributed by atoms with Gasteiger partial charge < -0.3 is 9.64 Å². The number of carbonyl (C=O) groups is 1. The Bertz CT molecular complexity index is 645. The van der Waals surface area contributed by atoms with Crippen molar-refractivity contribution in [3.05, 3.63) is 53.7 Å². The quantitative estimate of drug-likeness (QED) is 0.946. The number of ether oxygens (including phenoxy) is 1. The van der Waals surface area contributed by atoms with Gasteiger partial charge in [0.15, 0.2) is 5.82 Å². The van der Waals surface area contributed by atoms with Crippen LogP contribution in [0, 0.1) is 0 Å². The first-order valence-electron chi connectivity index (χ1n) is 7.80. The van der Waals surface area contributed by atoms with Gasteiger partial charge in [-0.2, -0.15) is 5.10 Å². The van der Waals surface area contributed by atoms with E-state index in [0.29, 0.717) is 25.5 Å². The lowest BCUT2D eigenvalue weighted by molar-refractivity contribution is -0.0135. The number of morpholine rings is 1.